The zero-order valence-electron chi connectivity index (χ0n) is 15.2. The first-order valence-electron chi connectivity index (χ1n) is 8.63. The molecule has 0 aliphatic carbocycles. The van der Waals surface area contributed by atoms with Crippen molar-refractivity contribution in [2.24, 2.45) is 0 Å². The van der Waals surface area contributed by atoms with E-state index in [1.54, 1.807) is 6.07 Å². The second kappa shape index (κ2) is 10.7. The molecule has 8 nitrogen and oxygen atoms in total. The van der Waals surface area contributed by atoms with Crippen LogP contribution >= 0.6 is 15.9 Å². The van der Waals surface area contributed by atoms with Crippen LogP contribution in [-0.4, -0.2) is 68.2 Å². The van der Waals surface area contributed by atoms with Crippen molar-refractivity contribution in [1.82, 2.24) is 14.8 Å². The molecule has 9 heteroatoms. The fourth-order valence-corrected chi connectivity index (χ4v) is 3.16. The molecule has 2 heterocycles. The van der Waals surface area contributed by atoms with E-state index in [2.05, 4.69) is 36.8 Å². The van der Waals surface area contributed by atoms with E-state index in [1.807, 2.05) is 30.5 Å². The molecule has 28 heavy (non-hydrogen) atoms. The van der Waals surface area contributed by atoms with Gasteiger partial charge in [0, 0.05) is 55.5 Å². The first-order chi connectivity index (χ1) is 13.3. The van der Waals surface area contributed by atoms with E-state index in [1.165, 1.54) is 0 Å². The van der Waals surface area contributed by atoms with Gasteiger partial charge in [0.15, 0.2) is 0 Å². The Morgan fingerprint density at radius 2 is 1.57 bits per heavy atom. The number of carboxylic acid groups (broad SMARTS) is 2. The summed E-state index contributed by atoms with van der Waals surface area (Å²) in [6.45, 7) is 5.80. The molecule has 0 amide bonds. The highest BCUT2D eigenvalue weighted by atomic mass is 79.9. The summed E-state index contributed by atoms with van der Waals surface area (Å²) >= 11 is 3.46. The number of nitrogens with zero attached hydrogens (tertiary/aromatic N) is 3. The lowest BCUT2D eigenvalue weighted by atomic mass is 10.1. The van der Waals surface area contributed by atoms with Gasteiger partial charge in [-0.05, 0) is 30.3 Å². The number of rotatable bonds is 4. The summed E-state index contributed by atoms with van der Waals surface area (Å²) in [5, 5.41) is 24.7. The third kappa shape index (κ3) is 7.26. The molecule has 1 aliphatic rings. The molecule has 2 aromatic rings. The van der Waals surface area contributed by atoms with Gasteiger partial charge < -0.3 is 15.3 Å². The number of carboxylic acids is 2. The molecule has 0 spiro atoms. The van der Waals surface area contributed by atoms with Crippen LogP contribution in [0.5, 0.6) is 5.75 Å². The van der Waals surface area contributed by atoms with Gasteiger partial charge in [0.2, 0.25) is 0 Å². The van der Waals surface area contributed by atoms with Gasteiger partial charge in [-0.2, -0.15) is 0 Å². The molecule has 3 N–H and O–H groups in total. The number of hydrogen-bond acceptors (Lipinski definition) is 6. The van der Waals surface area contributed by atoms with E-state index in [4.69, 9.17) is 19.8 Å². The Balaban J connectivity index is 0.000000409. The Morgan fingerprint density at radius 3 is 2.11 bits per heavy atom. The third-order valence-corrected chi connectivity index (χ3v) is 4.69. The number of benzene rings is 1. The first-order valence-corrected chi connectivity index (χ1v) is 9.42. The average molecular weight is 452 g/mol. The molecule has 0 bridgehead atoms. The molecule has 1 aromatic heterocycles. The normalized spacial score (nSPS) is 14.8. The minimum Gasteiger partial charge on any atom is -0.508 e. The van der Waals surface area contributed by atoms with Gasteiger partial charge in [-0.15, -0.1) is 0 Å². The summed E-state index contributed by atoms with van der Waals surface area (Å²) in [5.41, 5.74) is 2.10. The van der Waals surface area contributed by atoms with Crippen molar-refractivity contribution in [3.63, 3.8) is 0 Å². The van der Waals surface area contributed by atoms with E-state index >= 15 is 0 Å². The smallest absolute Gasteiger partial charge is 0.414 e. The number of aliphatic carboxylic acids is 2. The highest BCUT2D eigenvalue weighted by Crippen LogP contribution is 2.23. The van der Waals surface area contributed by atoms with Crippen molar-refractivity contribution in [3.05, 3.63) is 58.3 Å². The lowest BCUT2D eigenvalue weighted by molar-refractivity contribution is -0.159. The van der Waals surface area contributed by atoms with Gasteiger partial charge >= 0.3 is 11.9 Å². The van der Waals surface area contributed by atoms with Crippen molar-refractivity contribution in [3.8, 4) is 5.75 Å². The van der Waals surface area contributed by atoms with E-state index in [0.717, 1.165) is 55.0 Å². The van der Waals surface area contributed by atoms with Crippen molar-refractivity contribution < 1.29 is 24.9 Å². The fraction of sp³-hybridized carbons (Fsp3) is 0.316. The summed E-state index contributed by atoms with van der Waals surface area (Å²) in [4.78, 5) is 27.4. The van der Waals surface area contributed by atoms with E-state index < -0.39 is 11.9 Å². The number of aromatic hydroxyl groups is 1. The predicted molar refractivity (Wildman–Crippen MR) is 106 cm³/mol. The number of phenolic OH excluding ortho intramolecular Hbond substituents is 1. The Morgan fingerprint density at radius 1 is 0.964 bits per heavy atom. The molecule has 1 aromatic carbocycles. The fourth-order valence-electron chi connectivity index (χ4n) is 2.75. The topological polar surface area (TPSA) is 114 Å². The maximum Gasteiger partial charge on any atom is 0.414 e. The minimum absolute atomic E-state index is 0.374. The molecule has 0 atom stereocenters. The Hall–Kier alpha value is -2.49. The van der Waals surface area contributed by atoms with Crippen molar-refractivity contribution >= 4 is 27.9 Å². The zero-order valence-corrected chi connectivity index (χ0v) is 16.7. The molecular weight excluding hydrogens is 430 g/mol. The van der Waals surface area contributed by atoms with Crippen LogP contribution in [0.3, 0.4) is 0 Å². The molecular formula is C19H22BrN3O5. The monoisotopic (exact) mass is 451 g/mol. The molecule has 0 saturated carbocycles. The average Bonchev–Trinajstić information content (AvgIpc) is 2.67. The standard InChI is InChI=1S/C17H20BrN3O.C2H2O4/c18-15-4-5-17(22)14(11-15)12-20-7-9-21(10-8-20)13-16-3-1-2-6-19-16;3-1(4)2(5)6/h1-6,11,22H,7-10,12-13H2;(H,3,4)(H,5,6). The summed E-state index contributed by atoms with van der Waals surface area (Å²) in [7, 11) is 0. The molecule has 0 unspecified atom stereocenters. The first kappa shape index (κ1) is 21.8. The Bertz CT molecular complexity index is 783. The van der Waals surface area contributed by atoms with Crippen LogP contribution in [0.25, 0.3) is 0 Å². The molecule has 1 fully saturated rings. The Kier molecular flexibility index (Phi) is 8.37. The zero-order chi connectivity index (χ0) is 20.5. The molecule has 1 saturated heterocycles. The van der Waals surface area contributed by atoms with Gasteiger partial charge in [-0.25, -0.2) is 9.59 Å². The molecule has 3 rings (SSSR count). The largest absolute Gasteiger partial charge is 0.508 e. The van der Waals surface area contributed by atoms with E-state index in [0.29, 0.717) is 5.75 Å². The summed E-state index contributed by atoms with van der Waals surface area (Å²) in [6.07, 6.45) is 1.85. The van der Waals surface area contributed by atoms with Crippen LogP contribution in [-0.2, 0) is 22.7 Å². The lowest BCUT2D eigenvalue weighted by Gasteiger charge is -2.34. The quantitative estimate of drug-likeness (QED) is 0.604. The molecule has 150 valence electrons. The lowest BCUT2D eigenvalue weighted by Crippen LogP contribution is -2.45. The number of phenols is 1. The number of piperazine rings is 1. The number of halogens is 1. The summed E-state index contributed by atoms with van der Waals surface area (Å²) < 4.78 is 1.01. The van der Waals surface area contributed by atoms with E-state index in [9.17, 15) is 5.11 Å². The molecule has 0 radical (unpaired) electrons. The highest BCUT2D eigenvalue weighted by Gasteiger charge is 2.18. The number of aromatic nitrogens is 1. The van der Waals surface area contributed by atoms with Crippen LogP contribution < -0.4 is 0 Å². The second-order valence-corrected chi connectivity index (χ2v) is 7.17. The van der Waals surface area contributed by atoms with Crippen LogP contribution in [0.4, 0.5) is 0 Å². The Labute approximate surface area is 171 Å². The minimum atomic E-state index is -1.82. The van der Waals surface area contributed by atoms with Gasteiger partial charge in [-0.1, -0.05) is 22.0 Å². The van der Waals surface area contributed by atoms with Crippen LogP contribution in [0.2, 0.25) is 0 Å². The third-order valence-electron chi connectivity index (χ3n) is 4.20. The summed E-state index contributed by atoms with van der Waals surface area (Å²) in [6, 6.07) is 11.7. The van der Waals surface area contributed by atoms with Crippen LogP contribution in [0, 0.1) is 0 Å². The number of pyridine rings is 1. The maximum absolute atomic E-state index is 9.95. The van der Waals surface area contributed by atoms with Crippen LogP contribution in [0.1, 0.15) is 11.3 Å². The van der Waals surface area contributed by atoms with Crippen molar-refractivity contribution in [1.29, 1.82) is 0 Å². The predicted octanol–water partition coefficient (Wildman–Crippen LogP) is 2.02. The second-order valence-electron chi connectivity index (χ2n) is 6.26. The van der Waals surface area contributed by atoms with Crippen molar-refractivity contribution in [2.75, 3.05) is 26.2 Å². The van der Waals surface area contributed by atoms with Crippen molar-refractivity contribution in [2.45, 2.75) is 13.1 Å². The highest BCUT2D eigenvalue weighted by molar-refractivity contribution is 9.10. The van der Waals surface area contributed by atoms with Gasteiger partial charge in [-0.3, -0.25) is 14.8 Å². The van der Waals surface area contributed by atoms with Gasteiger partial charge in [0.1, 0.15) is 5.75 Å². The van der Waals surface area contributed by atoms with E-state index in [-0.39, 0.29) is 0 Å². The van der Waals surface area contributed by atoms with Crippen LogP contribution in [0.15, 0.2) is 47.1 Å². The SMILES string of the molecule is O=C(O)C(=O)O.Oc1ccc(Br)cc1CN1CCN(Cc2ccccn2)CC1. The number of carbonyl (C=O) groups is 2. The van der Waals surface area contributed by atoms with Gasteiger partial charge in [0.25, 0.3) is 0 Å². The summed E-state index contributed by atoms with van der Waals surface area (Å²) in [5.74, 6) is -3.27. The number of hydrogen-bond donors (Lipinski definition) is 3. The maximum atomic E-state index is 9.95. The molecule has 1 aliphatic heterocycles. The van der Waals surface area contributed by atoms with Gasteiger partial charge in [0.05, 0.1) is 5.69 Å².